The summed E-state index contributed by atoms with van der Waals surface area (Å²) < 4.78 is 0. The zero-order chi connectivity index (χ0) is 10.8. The first kappa shape index (κ1) is 9.71. The Bertz CT molecular complexity index is 513. The second-order valence-corrected chi connectivity index (χ2v) is 3.34. The van der Waals surface area contributed by atoms with E-state index >= 15 is 0 Å². The minimum Gasteiger partial charge on any atom is -0.385 e. The number of fused-ring (bicyclic) bond motifs is 1. The predicted octanol–water partition coefficient (Wildman–Crippen LogP) is 1.09. The van der Waals surface area contributed by atoms with Crippen molar-refractivity contribution >= 4 is 10.9 Å². The number of aromatic amines is 1. The molecule has 2 aromatic rings. The molecule has 0 aliphatic heterocycles. The van der Waals surface area contributed by atoms with E-state index in [4.69, 9.17) is 5.26 Å². The highest BCUT2D eigenvalue weighted by Gasteiger charge is 2.17. The highest BCUT2D eigenvalue weighted by Crippen LogP contribution is 2.21. The Hall–Kier alpha value is -1.83. The van der Waals surface area contributed by atoms with Crippen molar-refractivity contribution in [2.24, 2.45) is 0 Å². The molecular formula is C11H10N2O2. The van der Waals surface area contributed by atoms with Gasteiger partial charge in [0.25, 0.3) is 0 Å². The van der Waals surface area contributed by atoms with Gasteiger partial charge in [-0.3, -0.25) is 0 Å². The molecule has 0 aliphatic rings. The molecule has 3 N–H and O–H groups in total. The van der Waals surface area contributed by atoms with Gasteiger partial charge in [-0.2, -0.15) is 5.26 Å². The molecule has 0 amide bonds. The van der Waals surface area contributed by atoms with Crippen molar-refractivity contribution in [2.45, 2.75) is 12.2 Å². The highest BCUT2D eigenvalue weighted by molar-refractivity contribution is 5.80. The van der Waals surface area contributed by atoms with Crippen LogP contribution in [0.5, 0.6) is 0 Å². The summed E-state index contributed by atoms with van der Waals surface area (Å²) in [6.45, 7) is 0. The number of nitrogens with one attached hydrogen (secondary N) is 1. The molecule has 1 aromatic heterocycles. The molecule has 4 nitrogen and oxygen atoms in total. The first-order valence-corrected chi connectivity index (χ1v) is 4.55. The summed E-state index contributed by atoms with van der Waals surface area (Å²) in [6, 6.07) is 8.70. The summed E-state index contributed by atoms with van der Waals surface area (Å²) in [7, 11) is 0. The molecule has 15 heavy (non-hydrogen) atoms. The number of aromatic nitrogens is 1. The van der Waals surface area contributed by atoms with Crippen molar-refractivity contribution in [3.8, 4) is 6.07 Å². The average molecular weight is 202 g/mol. The van der Waals surface area contributed by atoms with Gasteiger partial charge in [0.2, 0.25) is 0 Å². The Labute approximate surface area is 86.4 Å². The fourth-order valence-electron chi connectivity index (χ4n) is 1.51. The van der Waals surface area contributed by atoms with Crippen molar-refractivity contribution in [1.29, 1.82) is 5.26 Å². The third kappa shape index (κ3) is 1.71. The van der Waals surface area contributed by atoms with E-state index in [1.807, 2.05) is 6.07 Å². The molecule has 0 aliphatic carbocycles. The molecule has 4 heteroatoms. The van der Waals surface area contributed by atoms with Crippen LogP contribution in [0.15, 0.2) is 30.5 Å². The molecule has 2 rings (SSSR count). The molecule has 0 spiro atoms. The summed E-state index contributed by atoms with van der Waals surface area (Å²) in [5.41, 5.74) is 1.49. The number of nitrogens with zero attached hydrogens (tertiary/aromatic N) is 1. The first-order valence-electron chi connectivity index (χ1n) is 4.55. The van der Waals surface area contributed by atoms with E-state index < -0.39 is 12.2 Å². The van der Waals surface area contributed by atoms with Crippen LogP contribution in [0, 0.1) is 11.3 Å². The third-order valence-corrected chi connectivity index (χ3v) is 2.35. The van der Waals surface area contributed by atoms with Gasteiger partial charge >= 0.3 is 0 Å². The van der Waals surface area contributed by atoms with Crippen LogP contribution >= 0.6 is 0 Å². The fraction of sp³-hybridized carbons (Fsp3) is 0.182. The van der Waals surface area contributed by atoms with Gasteiger partial charge in [-0.1, -0.05) is 6.07 Å². The molecule has 0 radical (unpaired) electrons. The number of aliphatic hydroxyl groups is 2. The quantitative estimate of drug-likeness (QED) is 0.637. The van der Waals surface area contributed by atoms with Gasteiger partial charge in [0.15, 0.2) is 6.10 Å². The summed E-state index contributed by atoms with van der Waals surface area (Å²) in [5, 5.41) is 28.2. The monoisotopic (exact) mass is 202 g/mol. The fourth-order valence-corrected chi connectivity index (χ4v) is 1.51. The first-order chi connectivity index (χ1) is 7.22. The van der Waals surface area contributed by atoms with Crippen molar-refractivity contribution in [3.63, 3.8) is 0 Å². The number of H-pyrrole nitrogens is 1. The van der Waals surface area contributed by atoms with Crippen molar-refractivity contribution in [3.05, 3.63) is 36.0 Å². The molecule has 2 atom stereocenters. The lowest BCUT2D eigenvalue weighted by molar-refractivity contribution is 0.0529. The van der Waals surface area contributed by atoms with E-state index in [1.165, 1.54) is 0 Å². The van der Waals surface area contributed by atoms with E-state index in [2.05, 4.69) is 4.98 Å². The van der Waals surface area contributed by atoms with Crippen LogP contribution in [0.25, 0.3) is 10.9 Å². The molecule has 76 valence electrons. The van der Waals surface area contributed by atoms with Crippen molar-refractivity contribution < 1.29 is 10.2 Å². The van der Waals surface area contributed by atoms with Gasteiger partial charge in [0, 0.05) is 11.7 Å². The normalized spacial score (nSPS) is 14.7. The number of hydrogen-bond donors (Lipinski definition) is 3. The number of rotatable bonds is 2. The largest absolute Gasteiger partial charge is 0.385 e. The Morgan fingerprint density at radius 3 is 2.80 bits per heavy atom. The third-order valence-electron chi connectivity index (χ3n) is 2.35. The maximum atomic E-state index is 9.60. The average Bonchev–Trinajstić information content (AvgIpc) is 2.73. The van der Waals surface area contributed by atoms with Crippen LogP contribution in [0.3, 0.4) is 0 Å². The minimum absolute atomic E-state index is 0.538. The van der Waals surface area contributed by atoms with E-state index in [-0.39, 0.29) is 0 Å². The highest BCUT2D eigenvalue weighted by atomic mass is 16.3. The molecule has 0 saturated heterocycles. The van der Waals surface area contributed by atoms with Crippen molar-refractivity contribution in [1.82, 2.24) is 4.98 Å². The molecule has 0 bridgehead atoms. The second kappa shape index (κ2) is 3.73. The van der Waals surface area contributed by atoms with Gasteiger partial charge in [0.05, 0.1) is 6.07 Å². The summed E-state index contributed by atoms with van der Waals surface area (Å²) in [6.07, 6.45) is -0.752. The number of hydrogen-bond acceptors (Lipinski definition) is 3. The van der Waals surface area contributed by atoms with Crippen LogP contribution in [-0.2, 0) is 0 Å². The lowest BCUT2D eigenvalue weighted by atomic mass is 10.0. The van der Waals surface area contributed by atoms with Crippen LogP contribution < -0.4 is 0 Å². The lowest BCUT2D eigenvalue weighted by Gasteiger charge is -2.11. The van der Waals surface area contributed by atoms with Gasteiger partial charge in [-0.05, 0) is 29.1 Å². The zero-order valence-electron chi connectivity index (χ0n) is 7.88. The van der Waals surface area contributed by atoms with Crippen LogP contribution in [0.2, 0.25) is 0 Å². The van der Waals surface area contributed by atoms with Crippen molar-refractivity contribution in [2.75, 3.05) is 0 Å². The second-order valence-electron chi connectivity index (χ2n) is 3.34. The number of nitriles is 1. The van der Waals surface area contributed by atoms with Gasteiger partial charge in [-0.15, -0.1) is 0 Å². The molecule has 0 fully saturated rings. The summed E-state index contributed by atoms with van der Waals surface area (Å²) in [4.78, 5) is 3.02. The van der Waals surface area contributed by atoms with Gasteiger partial charge in [0.1, 0.15) is 6.10 Å². The molecule has 1 heterocycles. The number of benzene rings is 1. The smallest absolute Gasteiger partial charge is 0.170 e. The Morgan fingerprint density at radius 1 is 1.27 bits per heavy atom. The Morgan fingerprint density at radius 2 is 2.07 bits per heavy atom. The molecule has 2 unspecified atom stereocenters. The zero-order valence-corrected chi connectivity index (χ0v) is 7.88. The topological polar surface area (TPSA) is 80.0 Å². The molecule has 0 saturated carbocycles. The lowest BCUT2D eigenvalue weighted by Crippen LogP contribution is -2.15. The Kier molecular flexibility index (Phi) is 2.42. The Balaban J connectivity index is 2.40. The summed E-state index contributed by atoms with van der Waals surface area (Å²) in [5.74, 6) is 0. The SMILES string of the molecule is N#CC(O)C(O)c1ccc2[nH]ccc2c1. The standard InChI is InChI=1S/C11H10N2O2/c12-6-10(14)11(15)8-1-2-9-7(5-8)3-4-13-9/h1-5,10-11,13-15H. The maximum absolute atomic E-state index is 9.60. The van der Waals surface area contributed by atoms with Gasteiger partial charge in [-0.25, -0.2) is 0 Å². The minimum atomic E-state index is -1.39. The van der Waals surface area contributed by atoms with E-state index in [9.17, 15) is 10.2 Å². The summed E-state index contributed by atoms with van der Waals surface area (Å²) >= 11 is 0. The van der Waals surface area contributed by atoms with Gasteiger partial charge < -0.3 is 15.2 Å². The molecule has 1 aromatic carbocycles. The van der Waals surface area contributed by atoms with Crippen LogP contribution in [0.1, 0.15) is 11.7 Å². The van der Waals surface area contributed by atoms with E-state index in [1.54, 1.807) is 30.5 Å². The van der Waals surface area contributed by atoms with Crippen LogP contribution in [0.4, 0.5) is 0 Å². The predicted molar refractivity (Wildman–Crippen MR) is 54.9 cm³/mol. The number of aliphatic hydroxyl groups excluding tert-OH is 2. The van der Waals surface area contributed by atoms with Crippen LogP contribution in [-0.4, -0.2) is 21.3 Å². The molecular weight excluding hydrogens is 192 g/mol. The maximum Gasteiger partial charge on any atom is 0.170 e. The van der Waals surface area contributed by atoms with E-state index in [0.717, 1.165) is 10.9 Å². The van der Waals surface area contributed by atoms with E-state index in [0.29, 0.717) is 5.56 Å².